The van der Waals surface area contributed by atoms with Gasteiger partial charge in [-0.25, -0.2) is 4.98 Å². The van der Waals surface area contributed by atoms with Crippen molar-refractivity contribution in [1.82, 2.24) is 4.98 Å². The summed E-state index contributed by atoms with van der Waals surface area (Å²) in [6.07, 6.45) is 0. The number of halogens is 1. The van der Waals surface area contributed by atoms with Crippen LogP contribution in [-0.2, 0) is 0 Å². The van der Waals surface area contributed by atoms with Crippen molar-refractivity contribution < 1.29 is 0 Å². The molecule has 1 heterocycles. The Morgan fingerprint density at radius 3 is 2.79 bits per heavy atom. The highest BCUT2D eigenvalue weighted by molar-refractivity contribution is 9.10. The highest BCUT2D eigenvalue weighted by Gasteiger charge is 2.06. The van der Waals surface area contributed by atoms with Crippen LogP contribution in [0.15, 0.2) is 46.9 Å². The maximum Gasteiger partial charge on any atom is 0.188 e. The fourth-order valence-electron chi connectivity index (χ4n) is 1.73. The van der Waals surface area contributed by atoms with Gasteiger partial charge in [0.25, 0.3) is 0 Å². The predicted octanol–water partition coefficient (Wildman–Crippen LogP) is 4.67. The van der Waals surface area contributed by atoms with Gasteiger partial charge in [0, 0.05) is 4.47 Å². The summed E-state index contributed by atoms with van der Waals surface area (Å²) in [5.41, 5.74) is 2.51. The SMILES string of the molecule is N#Cc1ccc(Nc2nc3ccccc3s2)c(Br)c1. The van der Waals surface area contributed by atoms with E-state index in [9.17, 15) is 0 Å². The summed E-state index contributed by atoms with van der Waals surface area (Å²) < 4.78 is 2.00. The van der Waals surface area contributed by atoms with Gasteiger partial charge in [-0.05, 0) is 46.3 Å². The first kappa shape index (κ1) is 12.2. The fraction of sp³-hybridized carbons (Fsp3) is 0. The molecule has 3 aromatic rings. The Bertz CT molecular complexity index is 756. The molecule has 0 bridgehead atoms. The number of nitrogens with one attached hydrogen (secondary N) is 1. The predicted molar refractivity (Wildman–Crippen MR) is 81.8 cm³/mol. The molecule has 0 spiro atoms. The number of nitrogens with zero attached hydrogens (tertiary/aromatic N) is 2. The molecule has 92 valence electrons. The van der Waals surface area contributed by atoms with Crippen LogP contribution in [0.3, 0.4) is 0 Å². The Labute approximate surface area is 122 Å². The Kier molecular flexibility index (Phi) is 3.20. The Morgan fingerprint density at radius 1 is 1.21 bits per heavy atom. The van der Waals surface area contributed by atoms with E-state index in [1.54, 1.807) is 23.5 Å². The van der Waals surface area contributed by atoms with Crippen LogP contribution in [0.4, 0.5) is 10.8 Å². The summed E-state index contributed by atoms with van der Waals surface area (Å²) in [5, 5.41) is 12.9. The lowest BCUT2D eigenvalue weighted by Crippen LogP contribution is -1.90. The average molecular weight is 330 g/mol. The quantitative estimate of drug-likeness (QED) is 0.742. The van der Waals surface area contributed by atoms with Gasteiger partial charge < -0.3 is 5.32 Å². The maximum atomic E-state index is 8.84. The zero-order valence-electron chi connectivity index (χ0n) is 9.72. The lowest BCUT2D eigenvalue weighted by molar-refractivity contribution is 1.42. The van der Waals surface area contributed by atoms with Crippen LogP contribution in [0.25, 0.3) is 10.2 Å². The number of anilines is 2. The van der Waals surface area contributed by atoms with Crippen molar-refractivity contribution in [3.8, 4) is 6.07 Å². The van der Waals surface area contributed by atoms with Crippen molar-refractivity contribution in [3.63, 3.8) is 0 Å². The molecule has 19 heavy (non-hydrogen) atoms. The second kappa shape index (κ2) is 5.00. The Balaban J connectivity index is 1.94. The van der Waals surface area contributed by atoms with Gasteiger partial charge in [0.15, 0.2) is 5.13 Å². The molecule has 5 heteroatoms. The fourth-order valence-corrected chi connectivity index (χ4v) is 3.08. The summed E-state index contributed by atoms with van der Waals surface area (Å²) in [5.74, 6) is 0. The highest BCUT2D eigenvalue weighted by Crippen LogP contribution is 2.31. The van der Waals surface area contributed by atoms with E-state index in [2.05, 4.69) is 32.3 Å². The number of aromatic nitrogens is 1. The standard InChI is InChI=1S/C14H8BrN3S/c15-10-7-9(8-16)5-6-11(10)17-14-18-12-3-1-2-4-13(12)19-14/h1-7H,(H,17,18). The molecule has 0 aliphatic heterocycles. The van der Waals surface area contributed by atoms with Crippen LogP contribution in [0.5, 0.6) is 0 Å². The first-order valence-electron chi connectivity index (χ1n) is 5.58. The number of nitriles is 1. The molecule has 0 aliphatic carbocycles. The molecule has 1 aromatic heterocycles. The molecule has 0 saturated heterocycles. The zero-order chi connectivity index (χ0) is 13.2. The normalized spacial score (nSPS) is 10.3. The number of para-hydroxylation sites is 1. The minimum absolute atomic E-state index is 0.627. The Morgan fingerprint density at radius 2 is 2.05 bits per heavy atom. The number of fused-ring (bicyclic) bond motifs is 1. The van der Waals surface area contributed by atoms with Crippen LogP contribution < -0.4 is 5.32 Å². The highest BCUT2D eigenvalue weighted by atomic mass is 79.9. The van der Waals surface area contributed by atoms with Gasteiger partial charge in [-0.3, -0.25) is 0 Å². The van der Waals surface area contributed by atoms with Gasteiger partial charge in [-0.2, -0.15) is 5.26 Å². The molecule has 0 fully saturated rings. The summed E-state index contributed by atoms with van der Waals surface area (Å²) in [6.45, 7) is 0. The molecule has 0 aliphatic rings. The molecule has 0 amide bonds. The zero-order valence-corrected chi connectivity index (χ0v) is 12.1. The largest absolute Gasteiger partial charge is 0.331 e. The van der Waals surface area contributed by atoms with Crippen molar-refractivity contribution in [2.24, 2.45) is 0 Å². The van der Waals surface area contributed by atoms with E-state index < -0.39 is 0 Å². The van der Waals surface area contributed by atoms with E-state index >= 15 is 0 Å². The molecule has 2 aromatic carbocycles. The molecule has 3 nitrogen and oxygen atoms in total. The Hall–Kier alpha value is -1.90. The summed E-state index contributed by atoms with van der Waals surface area (Å²) in [4.78, 5) is 4.51. The van der Waals surface area contributed by atoms with Gasteiger partial charge in [0.2, 0.25) is 0 Å². The van der Waals surface area contributed by atoms with Crippen molar-refractivity contribution in [2.45, 2.75) is 0 Å². The third-order valence-corrected chi connectivity index (χ3v) is 4.24. The van der Waals surface area contributed by atoms with Crippen LogP contribution in [-0.4, -0.2) is 4.98 Å². The molecule has 0 unspecified atom stereocenters. The van der Waals surface area contributed by atoms with Gasteiger partial charge >= 0.3 is 0 Å². The summed E-state index contributed by atoms with van der Waals surface area (Å²) in [7, 11) is 0. The minimum Gasteiger partial charge on any atom is -0.331 e. The monoisotopic (exact) mass is 329 g/mol. The first-order chi connectivity index (χ1) is 9.26. The third-order valence-electron chi connectivity index (χ3n) is 2.63. The van der Waals surface area contributed by atoms with Gasteiger partial charge in [-0.1, -0.05) is 23.5 Å². The number of thiazole rings is 1. The van der Waals surface area contributed by atoms with Gasteiger partial charge in [-0.15, -0.1) is 0 Å². The summed E-state index contributed by atoms with van der Waals surface area (Å²) in [6, 6.07) is 15.6. The van der Waals surface area contributed by atoms with Crippen molar-refractivity contribution in [2.75, 3.05) is 5.32 Å². The van der Waals surface area contributed by atoms with Gasteiger partial charge in [0.1, 0.15) is 0 Å². The molecule has 0 atom stereocenters. The smallest absolute Gasteiger partial charge is 0.188 e. The molecular weight excluding hydrogens is 322 g/mol. The number of rotatable bonds is 2. The second-order valence-corrected chi connectivity index (χ2v) is 5.80. The van der Waals surface area contributed by atoms with Crippen LogP contribution in [0.2, 0.25) is 0 Å². The average Bonchev–Trinajstić information content (AvgIpc) is 2.83. The van der Waals surface area contributed by atoms with Crippen LogP contribution in [0.1, 0.15) is 5.56 Å². The number of benzene rings is 2. The van der Waals surface area contributed by atoms with E-state index in [0.717, 1.165) is 25.5 Å². The topological polar surface area (TPSA) is 48.7 Å². The molecule has 3 rings (SSSR count). The van der Waals surface area contributed by atoms with E-state index in [1.165, 1.54) is 0 Å². The molecule has 0 saturated carbocycles. The van der Waals surface area contributed by atoms with E-state index in [4.69, 9.17) is 5.26 Å². The number of hydrogen-bond acceptors (Lipinski definition) is 4. The number of hydrogen-bond donors (Lipinski definition) is 1. The van der Waals surface area contributed by atoms with E-state index in [-0.39, 0.29) is 0 Å². The van der Waals surface area contributed by atoms with Crippen molar-refractivity contribution in [1.29, 1.82) is 5.26 Å². The van der Waals surface area contributed by atoms with E-state index in [1.807, 2.05) is 30.3 Å². The maximum absolute atomic E-state index is 8.84. The summed E-state index contributed by atoms with van der Waals surface area (Å²) >= 11 is 5.06. The first-order valence-corrected chi connectivity index (χ1v) is 7.19. The molecular formula is C14H8BrN3S. The van der Waals surface area contributed by atoms with Crippen LogP contribution in [0, 0.1) is 11.3 Å². The van der Waals surface area contributed by atoms with Crippen molar-refractivity contribution >= 4 is 48.3 Å². The van der Waals surface area contributed by atoms with Crippen molar-refractivity contribution in [3.05, 3.63) is 52.5 Å². The van der Waals surface area contributed by atoms with Gasteiger partial charge in [0.05, 0.1) is 27.5 Å². The molecule has 0 radical (unpaired) electrons. The lowest BCUT2D eigenvalue weighted by Gasteiger charge is -2.05. The molecule has 1 N–H and O–H groups in total. The third kappa shape index (κ3) is 2.46. The lowest BCUT2D eigenvalue weighted by atomic mass is 10.2. The minimum atomic E-state index is 0.627. The van der Waals surface area contributed by atoms with Crippen LogP contribution >= 0.6 is 27.3 Å². The second-order valence-electron chi connectivity index (χ2n) is 3.92. The van der Waals surface area contributed by atoms with E-state index in [0.29, 0.717) is 5.56 Å².